The fourth-order valence-electron chi connectivity index (χ4n) is 3.10. The second-order valence-electron chi connectivity index (χ2n) is 6.13. The highest BCUT2D eigenvalue weighted by Crippen LogP contribution is 2.26. The van der Waals surface area contributed by atoms with Gasteiger partial charge in [0.25, 0.3) is 5.91 Å². The van der Waals surface area contributed by atoms with E-state index < -0.39 is 17.7 Å². The normalized spacial score (nSPS) is 25.6. The van der Waals surface area contributed by atoms with E-state index in [9.17, 15) is 13.6 Å². The third kappa shape index (κ3) is 3.61. The molecule has 0 aromatic heterocycles. The number of hydrogen-bond acceptors (Lipinski definition) is 4. The Kier molecular flexibility index (Phi) is 4.77. The molecule has 0 radical (unpaired) electrons. The minimum absolute atomic E-state index is 0.0158. The maximum absolute atomic E-state index is 13.8. The lowest BCUT2D eigenvalue weighted by Gasteiger charge is -2.30. The van der Waals surface area contributed by atoms with Crippen molar-refractivity contribution in [3.63, 3.8) is 0 Å². The van der Waals surface area contributed by atoms with Gasteiger partial charge in [-0.25, -0.2) is 8.78 Å². The number of morpholine rings is 1. The molecule has 2 aliphatic rings. The molecule has 3 rings (SSSR count). The second-order valence-corrected chi connectivity index (χ2v) is 6.13. The van der Waals surface area contributed by atoms with Gasteiger partial charge in [0.2, 0.25) is 0 Å². The summed E-state index contributed by atoms with van der Waals surface area (Å²) in [4.78, 5) is 15.9. The van der Waals surface area contributed by atoms with Crippen LogP contribution in [0.4, 0.5) is 14.5 Å². The van der Waals surface area contributed by atoms with Crippen molar-refractivity contribution >= 4 is 11.6 Å². The molecule has 0 bridgehead atoms. The van der Waals surface area contributed by atoms with Gasteiger partial charge < -0.3 is 19.9 Å². The Morgan fingerprint density at radius 2 is 2.00 bits per heavy atom. The number of nitrogens with one attached hydrogen (secondary N) is 1. The summed E-state index contributed by atoms with van der Waals surface area (Å²) in [6.45, 7) is 2.81. The van der Waals surface area contributed by atoms with Gasteiger partial charge in [0.1, 0.15) is 23.4 Å². The average molecular weight is 325 g/mol. The molecule has 23 heavy (non-hydrogen) atoms. The van der Waals surface area contributed by atoms with Crippen LogP contribution in [-0.4, -0.2) is 62.8 Å². The highest BCUT2D eigenvalue weighted by atomic mass is 19.1. The Bertz CT molecular complexity index is 564. The number of likely N-dealkylation sites (N-methyl/N-ethyl adjacent to an activating group) is 1. The topological polar surface area (TPSA) is 44.8 Å². The standard InChI is InChI=1S/C16H21F2N3O2/c1-20-7-8-23-14(10-20)16(22)19-11-5-6-21(9-11)15-12(17)3-2-4-13(15)18/h2-4,11,14H,5-10H2,1H3,(H,19,22)/t11-,14+/m0/s1. The van der Waals surface area contributed by atoms with E-state index in [-0.39, 0.29) is 17.6 Å². The molecule has 1 amide bonds. The summed E-state index contributed by atoms with van der Waals surface area (Å²) in [5, 5.41) is 2.93. The van der Waals surface area contributed by atoms with E-state index in [0.29, 0.717) is 32.7 Å². The highest BCUT2D eigenvalue weighted by Gasteiger charge is 2.31. The number of carbonyl (C=O) groups is 1. The van der Waals surface area contributed by atoms with Crippen LogP contribution in [0, 0.1) is 11.6 Å². The van der Waals surface area contributed by atoms with Crippen molar-refractivity contribution in [2.24, 2.45) is 0 Å². The number of benzene rings is 1. The fraction of sp³-hybridized carbons (Fsp3) is 0.562. The highest BCUT2D eigenvalue weighted by molar-refractivity contribution is 5.81. The van der Waals surface area contributed by atoms with Crippen LogP contribution in [0.15, 0.2) is 18.2 Å². The van der Waals surface area contributed by atoms with Crippen LogP contribution < -0.4 is 10.2 Å². The summed E-state index contributed by atoms with van der Waals surface area (Å²) in [5.41, 5.74) is -0.0158. The fourth-order valence-corrected chi connectivity index (χ4v) is 3.10. The maximum Gasteiger partial charge on any atom is 0.250 e. The van der Waals surface area contributed by atoms with Gasteiger partial charge >= 0.3 is 0 Å². The molecule has 2 aliphatic heterocycles. The first kappa shape index (κ1) is 16.1. The first-order valence-electron chi connectivity index (χ1n) is 7.84. The quantitative estimate of drug-likeness (QED) is 0.900. The predicted molar refractivity (Wildman–Crippen MR) is 82.4 cm³/mol. The summed E-state index contributed by atoms with van der Waals surface area (Å²) in [7, 11) is 1.95. The Hall–Kier alpha value is -1.73. The molecule has 2 saturated heterocycles. The minimum Gasteiger partial charge on any atom is -0.366 e. The first-order chi connectivity index (χ1) is 11.0. The van der Waals surface area contributed by atoms with Crippen LogP contribution in [0.25, 0.3) is 0 Å². The molecule has 5 nitrogen and oxygen atoms in total. The van der Waals surface area contributed by atoms with Gasteiger partial charge in [0.05, 0.1) is 6.61 Å². The SMILES string of the molecule is CN1CCO[C@@H](C(=O)N[C@H]2CCN(c3c(F)cccc3F)C2)C1. The van der Waals surface area contributed by atoms with E-state index in [1.54, 1.807) is 4.90 Å². The molecule has 126 valence electrons. The number of halogens is 2. The van der Waals surface area contributed by atoms with Crippen LogP contribution in [0.2, 0.25) is 0 Å². The molecule has 1 N–H and O–H groups in total. The zero-order valence-electron chi connectivity index (χ0n) is 13.1. The lowest BCUT2D eigenvalue weighted by molar-refractivity contribution is -0.138. The van der Waals surface area contributed by atoms with Crippen LogP contribution >= 0.6 is 0 Å². The number of anilines is 1. The molecule has 0 saturated carbocycles. The Morgan fingerprint density at radius 1 is 1.26 bits per heavy atom. The molecule has 0 spiro atoms. The summed E-state index contributed by atoms with van der Waals surface area (Å²) >= 11 is 0. The average Bonchev–Trinajstić information content (AvgIpc) is 2.95. The van der Waals surface area contributed by atoms with E-state index >= 15 is 0 Å². The summed E-state index contributed by atoms with van der Waals surface area (Å²) < 4.78 is 33.1. The number of ether oxygens (including phenoxy) is 1. The van der Waals surface area contributed by atoms with Gasteiger partial charge in [-0.2, -0.15) is 0 Å². The molecular formula is C16H21F2N3O2. The summed E-state index contributed by atoms with van der Waals surface area (Å²) in [6, 6.07) is 3.71. The van der Waals surface area contributed by atoms with Gasteiger partial charge in [-0.15, -0.1) is 0 Å². The Labute approximate surface area is 134 Å². The van der Waals surface area contributed by atoms with Crippen molar-refractivity contribution in [3.8, 4) is 0 Å². The Balaban J connectivity index is 1.58. The van der Waals surface area contributed by atoms with Crippen molar-refractivity contribution < 1.29 is 18.3 Å². The lowest BCUT2D eigenvalue weighted by Crippen LogP contribution is -2.51. The number of nitrogens with zero attached hydrogens (tertiary/aromatic N) is 2. The van der Waals surface area contributed by atoms with Crippen LogP contribution in [0.3, 0.4) is 0 Å². The molecule has 1 aromatic carbocycles. The van der Waals surface area contributed by atoms with Gasteiger partial charge in [-0.05, 0) is 25.6 Å². The number of hydrogen-bond donors (Lipinski definition) is 1. The van der Waals surface area contributed by atoms with E-state index in [1.807, 2.05) is 11.9 Å². The number of carbonyl (C=O) groups excluding carboxylic acids is 1. The zero-order valence-corrected chi connectivity index (χ0v) is 13.1. The van der Waals surface area contributed by atoms with Gasteiger partial charge in [-0.1, -0.05) is 6.07 Å². The van der Waals surface area contributed by atoms with Crippen molar-refractivity contribution in [2.45, 2.75) is 18.6 Å². The second kappa shape index (κ2) is 6.80. The monoisotopic (exact) mass is 325 g/mol. The molecule has 2 heterocycles. The maximum atomic E-state index is 13.8. The van der Waals surface area contributed by atoms with Crippen molar-refractivity contribution in [3.05, 3.63) is 29.8 Å². The summed E-state index contributed by atoms with van der Waals surface area (Å²) in [6.07, 6.45) is 0.176. The molecule has 0 unspecified atom stereocenters. The smallest absolute Gasteiger partial charge is 0.250 e. The summed E-state index contributed by atoms with van der Waals surface area (Å²) in [5.74, 6) is -1.30. The number of amides is 1. The molecular weight excluding hydrogens is 304 g/mol. The van der Waals surface area contributed by atoms with Crippen molar-refractivity contribution in [1.29, 1.82) is 0 Å². The van der Waals surface area contributed by atoms with Crippen LogP contribution in [0.5, 0.6) is 0 Å². The molecule has 2 atom stereocenters. The zero-order chi connectivity index (χ0) is 16.4. The van der Waals surface area contributed by atoms with Gasteiger partial charge in [0.15, 0.2) is 0 Å². The largest absolute Gasteiger partial charge is 0.366 e. The van der Waals surface area contributed by atoms with Gasteiger partial charge in [0, 0.05) is 32.2 Å². The van der Waals surface area contributed by atoms with Crippen molar-refractivity contribution in [1.82, 2.24) is 10.2 Å². The Morgan fingerprint density at radius 3 is 2.70 bits per heavy atom. The van der Waals surface area contributed by atoms with Crippen LogP contribution in [-0.2, 0) is 9.53 Å². The lowest BCUT2D eigenvalue weighted by atomic mass is 10.2. The molecule has 2 fully saturated rings. The van der Waals surface area contributed by atoms with E-state index in [0.717, 1.165) is 6.54 Å². The third-order valence-electron chi connectivity index (χ3n) is 4.35. The first-order valence-corrected chi connectivity index (χ1v) is 7.84. The third-order valence-corrected chi connectivity index (χ3v) is 4.35. The number of para-hydroxylation sites is 1. The van der Waals surface area contributed by atoms with Gasteiger partial charge in [-0.3, -0.25) is 4.79 Å². The molecule has 0 aliphatic carbocycles. The van der Waals surface area contributed by atoms with E-state index in [1.165, 1.54) is 18.2 Å². The predicted octanol–water partition coefficient (Wildman–Crippen LogP) is 0.990. The molecule has 1 aromatic rings. The van der Waals surface area contributed by atoms with Crippen LogP contribution in [0.1, 0.15) is 6.42 Å². The van der Waals surface area contributed by atoms with E-state index in [2.05, 4.69) is 5.32 Å². The number of rotatable bonds is 3. The molecule has 7 heteroatoms. The van der Waals surface area contributed by atoms with Crippen molar-refractivity contribution in [2.75, 3.05) is 44.7 Å². The van der Waals surface area contributed by atoms with E-state index in [4.69, 9.17) is 4.74 Å². The minimum atomic E-state index is -0.575.